The van der Waals surface area contributed by atoms with E-state index in [1.54, 1.807) is 7.11 Å². The molecule has 0 unspecified atom stereocenters. The quantitative estimate of drug-likeness (QED) is 0.775. The van der Waals surface area contributed by atoms with Gasteiger partial charge in [0.05, 0.1) is 12.0 Å². The van der Waals surface area contributed by atoms with Crippen LogP contribution in [0.1, 0.15) is 28.1 Å². The van der Waals surface area contributed by atoms with Crippen LogP contribution in [0.3, 0.4) is 0 Å². The molecule has 1 amide bonds. The van der Waals surface area contributed by atoms with Crippen LogP contribution in [-0.4, -0.2) is 44.1 Å². The molecule has 0 radical (unpaired) electrons. The molecule has 26 heavy (non-hydrogen) atoms. The molecule has 1 aromatic carbocycles. The topological polar surface area (TPSA) is 41.6 Å². The van der Waals surface area contributed by atoms with Crippen molar-refractivity contribution in [2.24, 2.45) is 5.92 Å². The van der Waals surface area contributed by atoms with Crippen LogP contribution < -0.4 is 10.1 Å². The van der Waals surface area contributed by atoms with Gasteiger partial charge in [0.2, 0.25) is 0 Å². The summed E-state index contributed by atoms with van der Waals surface area (Å²) >= 11 is 1.49. The number of carbonyl (C=O) groups excluding carboxylic acids is 1. The zero-order chi connectivity index (χ0) is 17.5. The summed E-state index contributed by atoms with van der Waals surface area (Å²) in [6.07, 6.45) is 3.56. The van der Waals surface area contributed by atoms with Crippen molar-refractivity contribution in [1.82, 2.24) is 10.2 Å². The number of rotatable bonds is 7. The van der Waals surface area contributed by atoms with Crippen LogP contribution in [0.25, 0.3) is 0 Å². The van der Waals surface area contributed by atoms with Gasteiger partial charge in [-0.3, -0.25) is 4.79 Å². The summed E-state index contributed by atoms with van der Waals surface area (Å²) in [6.45, 7) is 3.88. The van der Waals surface area contributed by atoms with E-state index in [1.807, 2.05) is 23.6 Å². The average Bonchev–Trinajstić information content (AvgIpc) is 3.18. The first-order chi connectivity index (χ1) is 12.2. The Morgan fingerprint density at radius 2 is 2.08 bits per heavy atom. The molecule has 0 saturated carbocycles. The zero-order valence-electron chi connectivity index (χ0n) is 15.1. The highest BCUT2D eigenvalue weighted by atomic mass is 35.5. The second-order valence-electron chi connectivity index (χ2n) is 6.57. The Morgan fingerprint density at radius 1 is 1.27 bits per heavy atom. The monoisotopic (exact) mass is 394 g/mol. The van der Waals surface area contributed by atoms with Crippen LogP contribution in [0.15, 0.2) is 41.8 Å². The molecule has 1 fully saturated rings. The second-order valence-corrected chi connectivity index (χ2v) is 7.52. The maximum atomic E-state index is 11.9. The first kappa shape index (κ1) is 20.7. The normalized spacial score (nSPS) is 15.3. The summed E-state index contributed by atoms with van der Waals surface area (Å²) in [5.41, 5.74) is 1.36. The number of carbonyl (C=O) groups is 1. The molecule has 2 aromatic rings. The Bertz CT molecular complexity index is 670. The first-order valence-electron chi connectivity index (χ1n) is 8.91. The van der Waals surface area contributed by atoms with Gasteiger partial charge in [-0.2, -0.15) is 0 Å². The average molecular weight is 395 g/mol. The standard InChI is InChI=1S/C20H26N2O2S.ClH/c1-24-18-5-2-4-17(15-18)14-16-7-10-22(11-8-16)12-9-21-20(23)19-6-3-13-25-19;/h2-6,13,15-16H,7-12,14H2,1H3,(H,21,23);1H. The summed E-state index contributed by atoms with van der Waals surface area (Å²) in [7, 11) is 1.72. The van der Waals surface area contributed by atoms with E-state index in [2.05, 4.69) is 28.4 Å². The van der Waals surface area contributed by atoms with Gasteiger partial charge in [0.15, 0.2) is 0 Å². The molecule has 1 N–H and O–H groups in total. The predicted molar refractivity (Wildman–Crippen MR) is 110 cm³/mol. The molecule has 1 aliphatic heterocycles. The van der Waals surface area contributed by atoms with E-state index in [-0.39, 0.29) is 18.3 Å². The fourth-order valence-electron chi connectivity index (χ4n) is 3.37. The number of piperidine rings is 1. The summed E-state index contributed by atoms with van der Waals surface area (Å²) < 4.78 is 5.31. The number of nitrogens with one attached hydrogen (secondary N) is 1. The highest BCUT2D eigenvalue weighted by Crippen LogP contribution is 2.23. The van der Waals surface area contributed by atoms with Gasteiger partial charge in [-0.1, -0.05) is 18.2 Å². The van der Waals surface area contributed by atoms with E-state index in [0.717, 1.165) is 49.1 Å². The van der Waals surface area contributed by atoms with Gasteiger partial charge in [0.25, 0.3) is 5.91 Å². The minimum atomic E-state index is 0. The van der Waals surface area contributed by atoms with Crippen LogP contribution in [0.4, 0.5) is 0 Å². The lowest BCUT2D eigenvalue weighted by atomic mass is 9.90. The van der Waals surface area contributed by atoms with Crippen molar-refractivity contribution in [3.63, 3.8) is 0 Å². The Kier molecular flexibility index (Phi) is 8.42. The SMILES string of the molecule is COc1cccc(CC2CCN(CCNC(=O)c3cccs3)CC2)c1.Cl. The molecule has 0 atom stereocenters. The number of nitrogens with zero attached hydrogens (tertiary/aromatic N) is 1. The van der Waals surface area contributed by atoms with Gasteiger partial charge in [0, 0.05) is 13.1 Å². The van der Waals surface area contributed by atoms with Gasteiger partial charge in [-0.15, -0.1) is 23.7 Å². The number of hydrogen-bond donors (Lipinski definition) is 1. The van der Waals surface area contributed by atoms with Gasteiger partial charge in [0.1, 0.15) is 5.75 Å². The molecule has 1 aliphatic rings. The van der Waals surface area contributed by atoms with Crippen LogP contribution in [-0.2, 0) is 6.42 Å². The highest BCUT2D eigenvalue weighted by molar-refractivity contribution is 7.12. The molecule has 6 heteroatoms. The van der Waals surface area contributed by atoms with Crippen molar-refractivity contribution in [3.8, 4) is 5.75 Å². The van der Waals surface area contributed by atoms with Crippen molar-refractivity contribution in [3.05, 3.63) is 52.2 Å². The van der Waals surface area contributed by atoms with E-state index >= 15 is 0 Å². The third-order valence-corrected chi connectivity index (χ3v) is 5.69. The number of likely N-dealkylation sites (tertiary alicyclic amines) is 1. The summed E-state index contributed by atoms with van der Waals surface area (Å²) in [5.74, 6) is 1.73. The lowest BCUT2D eigenvalue weighted by Crippen LogP contribution is -2.39. The maximum Gasteiger partial charge on any atom is 0.261 e. The number of amides is 1. The Labute approximate surface area is 166 Å². The van der Waals surface area contributed by atoms with E-state index in [4.69, 9.17) is 4.74 Å². The first-order valence-corrected chi connectivity index (χ1v) is 9.79. The number of methoxy groups -OCH3 is 1. The molecule has 142 valence electrons. The van der Waals surface area contributed by atoms with Gasteiger partial charge in [-0.05, 0) is 67.4 Å². The molecule has 0 bridgehead atoms. The van der Waals surface area contributed by atoms with Crippen molar-refractivity contribution in [2.75, 3.05) is 33.3 Å². The molecule has 1 saturated heterocycles. The van der Waals surface area contributed by atoms with Crippen LogP contribution in [0, 0.1) is 5.92 Å². The van der Waals surface area contributed by atoms with E-state index in [0.29, 0.717) is 0 Å². The molecule has 0 aliphatic carbocycles. The van der Waals surface area contributed by atoms with Crippen LogP contribution >= 0.6 is 23.7 Å². The second kappa shape index (κ2) is 10.6. The summed E-state index contributed by atoms with van der Waals surface area (Å²) in [5, 5.41) is 4.94. The summed E-state index contributed by atoms with van der Waals surface area (Å²) in [4.78, 5) is 15.2. The molecule has 0 spiro atoms. The minimum absolute atomic E-state index is 0. The number of benzene rings is 1. The largest absolute Gasteiger partial charge is 0.497 e. The Balaban J connectivity index is 0.00000243. The molecular weight excluding hydrogens is 368 g/mol. The Hall–Kier alpha value is -1.56. The molecular formula is C20H27ClN2O2S. The van der Waals surface area contributed by atoms with E-state index < -0.39 is 0 Å². The van der Waals surface area contributed by atoms with Crippen molar-refractivity contribution in [2.45, 2.75) is 19.3 Å². The lowest BCUT2D eigenvalue weighted by Gasteiger charge is -2.32. The molecule has 1 aromatic heterocycles. The van der Waals surface area contributed by atoms with Crippen molar-refractivity contribution < 1.29 is 9.53 Å². The fourth-order valence-corrected chi connectivity index (χ4v) is 4.01. The number of halogens is 1. The zero-order valence-corrected chi connectivity index (χ0v) is 16.8. The smallest absolute Gasteiger partial charge is 0.261 e. The van der Waals surface area contributed by atoms with Crippen molar-refractivity contribution in [1.29, 1.82) is 0 Å². The summed E-state index contributed by atoms with van der Waals surface area (Å²) in [6, 6.07) is 12.2. The molecule has 2 heterocycles. The lowest BCUT2D eigenvalue weighted by molar-refractivity contribution is 0.0948. The number of ether oxygens (including phenoxy) is 1. The predicted octanol–water partition coefficient (Wildman–Crippen LogP) is 3.86. The van der Waals surface area contributed by atoms with Gasteiger partial charge < -0.3 is 15.0 Å². The van der Waals surface area contributed by atoms with Crippen LogP contribution in [0.2, 0.25) is 0 Å². The Morgan fingerprint density at radius 3 is 2.77 bits per heavy atom. The van der Waals surface area contributed by atoms with E-state index in [9.17, 15) is 4.79 Å². The van der Waals surface area contributed by atoms with Crippen LogP contribution in [0.5, 0.6) is 5.75 Å². The van der Waals surface area contributed by atoms with E-state index in [1.165, 1.54) is 29.7 Å². The minimum Gasteiger partial charge on any atom is -0.497 e. The maximum absolute atomic E-state index is 11.9. The third kappa shape index (κ3) is 6.01. The number of thiophene rings is 1. The van der Waals surface area contributed by atoms with Gasteiger partial charge >= 0.3 is 0 Å². The molecule has 3 rings (SSSR count). The third-order valence-electron chi connectivity index (χ3n) is 4.82. The van der Waals surface area contributed by atoms with Crippen molar-refractivity contribution >= 4 is 29.7 Å². The number of hydrogen-bond acceptors (Lipinski definition) is 4. The van der Waals surface area contributed by atoms with Gasteiger partial charge in [-0.25, -0.2) is 0 Å². The highest BCUT2D eigenvalue weighted by Gasteiger charge is 2.19. The molecule has 4 nitrogen and oxygen atoms in total. The fraction of sp³-hybridized carbons (Fsp3) is 0.450.